The van der Waals surface area contributed by atoms with Gasteiger partial charge < -0.3 is 0 Å². The number of aliphatic imine (C=N–C) groups is 2. The molecule has 3 heteroatoms. The Hall–Kier alpha value is -2.40. The van der Waals surface area contributed by atoms with Gasteiger partial charge in [-0.25, -0.2) is 4.99 Å². The fourth-order valence-corrected chi connectivity index (χ4v) is 3.02. The first-order valence-corrected chi connectivity index (χ1v) is 12.0. The van der Waals surface area contributed by atoms with Crippen molar-refractivity contribution in [1.29, 1.82) is 0 Å². The van der Waals surface area contributed by atoms with E-state index in [1.165, 1.54) is 0 Å². The molecule has 0 amide bonds. The second-order valence-corrected chi connectivity index (χ2v) is 13.0. The molecular formula is C23H28N2Si. The smallest absolute Gasteiger partial charge is 0.137 e. The summed E-state index contributed by atoms with van der Waals surface area (Å²) in [6.45, 7) is 12.1. The Bertz CT molecular complexity index is 843. The summed E-state index contributed by atoms with van der Waals surface area (Å²) >= 11 is 0. The van der Waals surface area contributed by atoms with Crippen molar-refractivity contribution in [1.82, 2.24) is 0 Å². The molecule has 0 saturated carbocycles. The molecule has 26 heavy (non-hydrogen) atoms. The summed E-state index contributed by atoms with van der Waals surface area (Å²) in [6.07, 6.45) is 0.715. The Labute approximate surface area is 159 Å². The average molecular weight is 361 g/mol. The van der Waals surface area contributed by atoms with E-state index in [0.717, 1.165) is 16.8 Å². The highest BCUT2D eigenvalue weighted by Crippen LogP contribution is 2.35. The molecule has 0 unspecified atom stereocenters. The van der Waals surface area contributed by atoms with Crippen molar-refractivity contribution in [2.75, 3.05) is 0 Å². The maximum Gasteiger partial charge on any atom is 0.137 e. The lowest BCUT2D eigenvalue weighted by molar-refractivity contribution is 0.731. The van der Waals surface area contributed by atoms with Gasteiger partial charge in [0.1, 0.15) is 8.07 Å². The van der Waals surface area contributed by atoms with E-state index >= 15 is 0 Å². The Kier molecular flexibility index (Phi) is 6.74. The quantitative estimate of drug-likeness (QED) is 0.348. The number of rotatable bonds is 4. The summed E-state index contributed by atoms with van der Waals surface area (Å²) in [7, 11) is -1.57. The van der Waals surface area contributed by atoms with Crippen molar-refractivity contribution in [2.45, 2.75) is 51.9 Å². The van der Waals surface area contributed by atoms with Crippen LogP contribution in [0, 0.1) is 11.5 Å². The monoisotopic (exact) mass is 360 g/mol. The van der Waals surface area contributed by atoms with Crippen molar-refractivity contribution in [2.24, 2.45) is 9.98 Å². The van der Waals surface area contributed by atoms with Crippen LogP contribution < -0.4 is 0 Å². The molecule has 0 aromatic heterocycles. The van der Waals surface area contributed by atoms with Gasteiger partial charge in [0.05, 0.1) is 18.2 Å². The minimum Gasteiger partial charge on any atom is -0.221 e. The SMILES string of the molecule is CC(C)(C)[Si](C)(C)C#CCc1ccccc1N=C=NCc1ccccc1. The molecule has 2 aromatic carbocycles. The molecule has 0 heterocycles. The van der Waals surface area contributed by atoms with Crippen LogP contribution in [-0.4, -0.2) is 14.1 Å². The molecule has 2 rings (SSSR count). The molecule has 0 N–H and O–H groups in total. The van der Waals surface area contributed by atoms with E-state index in [0.29, 0.717) is 13.0 Å². The zero-order valence-corrected chi connectivity index (χ0v) is 17.5. The number of benzene rings is 2. The minimum atomic E-state index is -1.57. The van der Waals surface area contributed by atoms with Gasteiger partial charge in [0.15, 0.2) is 0 Å². The summed E-state index contributed by atoms with van der Waals surface area (Å²) in [5.41, 5.74) is 6.75. The molecule has 0 aliphatic carbocycles. The Balaban J connectivity index is 2.10. The van der Waals surface area contributed by atoms with E-state index in [9.17, 15) is 0 Å². The number of nitrogens with zero attached hydrogens (tertiary/aromatic N) is 2. The maximum atomic E-state index is 4.41. The van der Waals surface area contributed by atoms with Gasteiger partial charge in [-0.15, -0.1) is 11.5 Å². The lowest BCUT2D eigenvalue weighted by Gasteiger charge is -2.31. The lowest BCUT2D eigenvalue weighted by atomic mass is 10.1. The first kappa shape index (κ1) is 19.9. The molecular weight excluding hydrogens is 332 g/mol. The molecule has 0 spiro atoms. The lowest BCUT2D eigenvalue weighted by Crippen LogP contribution is -2.35. The van der Waals surface area contributed by atoms with Crippen molar-refractivity contribution >= 4 is 19.8 Å². The first-order chi connectivity index (χ1) is 12.3. The molecule has 0 fully saturated rings. The van der Waals surface area contributed by atoms with Crippen LogP contribution in [0.15, 0.2) is 64.6 Å². The molecule has 2 nitrogen and oxygen atoms in total. The summed E-state index contributed by atoms with van der Waals surface area (Å²) in [5, 5.41) is 0.280. The van der Waals surface area contributed by atoms with Crippen molar-refractivity contribution in [3.63, 3.8) is 0 Å². The van der Waals surface area contributed by atoms with E-state index in [2.05, 4.69) is 79.5 Å². The van der Waals surface area contributed by atoms with Crippen LogP contribution in [-0.2, 0) is 13.0 Å². The predicted molar refractivity (Wildman–Crippen MR) is 115 cm³/mol. The standard InChI is InChI=1S/C23H28N2Si/c1-23(2,3)26(4,5)17-11-15-21-14-9-10-16-22(21)25-19-24-18-20-12-7-6-8-13-20/h6-10,12-14,16H,15,18H2,1-5H3. The van der Waals surface area contributed by atoms with E-state index in [-0.39, 0.29) is 5.04 Å². The van der Waals surface area contributed by atoms with Crippen molar-refractivity contribution in [3.8, 4) is 11.5 Å². The molecule has 0 radical (unpaired) electrons. The van der Waals surface area contributed by atoms with Crippen LogP contribution in [0.1, 0.15) is 31.9 Å². The van der Waals surface area contributed by atoms with E-state index < -0.39 is 8.07 Å². The van der Waals surface area contributed by atoms with E-state index in [1.807, 2.05) is 36.4 Å². The van der Waals surface area contributed by atoms with Crippen LogP contribution in [0.3, 0.4) is 0 Å². The third-order valence-corrected chi connectivity index (χ3v) is 9.44. The van der Waals surface area contributed by atoms with Gasteiger partial charge in [-0.05, 0) is 22.2 Å². The Morgan fingerprint density at radius 3 is 2.27 bits per heavy atom. The van der Waals surface area contributed by atoms with E-state index in [4.69, 9.17) is 0 Å². The van der Waals surface area contributed by atoms with Crippen molar-refractivity contribution < 1.29 is 0 Å². The van der Waals surface area contributed by atoms with Gasteiger partial charge in [0.25, 0.3) is 0 Å². The molecule has 0 aliphatic rings. The van der Waals surface area contributed by atoms with Gasteiger partial charge in [-0.1, -0.05) is 82.4 Å². The Morgan fingerprint density at radius 1 is 0.923 bits per heavy atom. The Morgan fingerprint density at radius 2 is 1.58 bits per heavy atom. The molecule has 0 saturated heterocycles. The highest BCUT2D eigenvalue weighted by Gasteiger charge is 2.33. The largest absolute Gasteiger partial charge is 0.221 e. The highest BCUT2D eigenvalue weighted by molar-refractivity contribution is 6.87. The zero-order valence-electron chi connectivity index (χ0n) is 16.5. The van der Waals surface area contributed by atoms with E-state index in [1.54, 1.807) is 0 Å². The van der Waals surface area contributed by atoms with Crippen LogP contribution in [0.25, 0.3) is 0 Å². The van der Waals surface area contributed by atoms with Gasteiger partial charge in [0.2, 0.25) is 0 Å². The fraction of sp³-hybridized carbons (Fsp3) is 0.348. The number of hydrogen-bond donors (Lipinski definition) is 0. The second-order valence-electron chi connectivity index (χ2n) is 8.00. The van der Waals surface area contributed by atoms with Crippen LogP contribution in [0.2, 0.25) is 18.1 Å². The highest BCUT2D eigenvalue weighted by atomic mass is 28.3. The number of para-hydroxylation sites is 1. The summed E-state index contributed by atoms with van der Waals surface area (Å²) < 4.78 is 0. The van der Waals surface area contributed by atoms with Gasteiger partial charge in [-0.2, -0.15) is 4.99 Å². The zero-order chi connectivity index (χ0) is 19.0. The summed E-state index contributed by atoms with van der Waals surface area (Å²) in [4.78, 5) is 8.70. The molecule has 0 aliphatic heterocycles. The van der Waals surface area contributed by atoms with Gasteiger partial charge in [-0.3, -0.25) is 0 Å². The topological polar surface area (TPSA) is 24.7 Å². The summed E-state index contributed by atoms with van der Waals surface area (Å²) in [6, 6.07) is 21.1. The van der Waals surface area contributed by atoms with Crippen LogP contribution >= 0.6 is 0 Å². The molecule has 2 aromatic rings. The maximum absolute atomic E-state index is 4.41. The summed E-state index contributed by atoms with van der Waals surface area (Å²) in [5.74, 6) is 3.40. The average Bonchev–Trinajstić information content (AvgIpc) is 2.60. The van der Waals surface area contributed by atoms with Gasteiger partial charge in [0, 0.05) is 6.42 Å². The number of hydrogen-bond acceptors (Lipinski definition) is 2. The van der Waals surface area contributed by atoms with Crippen LogP contribution in [0.5, 0.6) is 0 Å². The third-order valence-electron chi connectivity index (χ3n) is 4.89. The third kappa shape index (κ3) is 5.84. The first-order valence-electron chi connectivity index (χ1n) is 9.04. The minimum absolute atomic E-state index is 0.280. The van der Waals surface area contributed by atoms with Crippen LogP contribution in [0.4, 0.5) is 5.69 Å². The van der Waals surface area contributed by atoms with Crippen molar-refractivity contribution in [3.05, 3.63) is 65.7 Å². The van der Waals surface area contributed by atoms with Gasteiger partial charge >= 0.3 is 0 Å². The molecule has 134 valence electrons. The molecule has 0 bridgehead atoms. The molecule has 0 atom stereocenters. The normalized spacial score (nSPS) is 11.1. The second kappa shape index (κ2) is 8.81. The predicted octanol–water partition coefficient (Wildman–Crippen LogP) is 6.29. The fourth-order valence-electron chi connectivity index (χ4n) is 2.12.